The zero-order chi connectivity index (χ0) is 19.9. The van der Waals surface area contributed by atoms with Crippen molar-refractivity contribution in [1.29, 1.82) is 0 Å². The average Bonchev–Trinajstić information content (AvgIpc) is 3.31. The number of hydrogen-bond acceptors (Lipinski definition) is 6. The summed E-state index contributed by atoms with van der Waals surface area (Å²) in [5.74, 6) is -1.13. The number of aryl methyl sites for hydroxylation is 1. The quantitative estimate of drug-likeness (QED) is 0.792. The molecular formula is C18H21FN6O3. The number of carboxylic acids is 1. The molecule has 2 N–H and O–H groups in total. The number of fused-ring (bicyclic) bond motifs is 1. The molecule has 1 aliphatic carbocycles. The number of rotatable bonds is 5. The number of likely N-dealkylation sites (tertiary alicyclic amines) is 1. The Labute approximate surface area is 160 Å². The number of amides is 1. The van der Waals surface area contributed by atoms with Crippen LogP contribution in [0.1, 0.15) is 25.1 Å². The van der Waals surface area contributed by atoms with E-state index < -0.39 is 17.2 Å². The molecule has 2 heterocycles. The summed E-state index contributed by atoms with van der Waals surface area (Å²) in [7, 11) is 0. The molecular weight excluding hydrogens is 367 g/mol. The van der Waals surface area contributed by atoms with Crippen molar-refractivity contribution in [1.82, 2.24) is 25.1 Å². The van der Waals surface area contributed by atoms with Crippen LogP contribution in [0.3, 0.4) is 0 Å². The van der Waals surface area contributed by atoms with Crippen LogP contribution in [-0.2, 0) is 9.59 Å². The van der Waals surface area contributed by atoms with Gasteiger partial charge in [-0.2, -0.15) is 4.68 Å². The second kappa shape index (κ2) is 6.93. The first kappa shape index (κ1) is 18.5. The highest BCUT2D eigenvalue weighted by Crippen LogP contribution is 2.48. The van der Waals surface area contributed by atoms with E-state index in [1.54, 1.807) is 6.92 Å². The number of halogens is 1. The zero-order valence-corrected chi connectivity index (χ0v) is 15.4. The minimum Gasteiger partial charge on any atom is -0.481 e. The molecule has 28 heavy (non-hydrogen) atoms. The molecule has 1 saturated heterocycles. The van der Waals surface area contributed by atoms with Gasteiger partial charge in [0.25, 0.3) is 0 Å². The van der Waals surface area contributed by atoms with Crippen molar-refractivity contribution in [3.8, 4) is 5.69 Å². The van der Waals surface area contributed by atoms with Crippen molar-refractivity contribution in [2.24, 2.45) is 11.3 Å². The molecule has 0 spiro atoms. The van der Waals surface area contributed by atoms with Gasteiger partial charge < -0.3 is 10.4 Å². The maximum atomic E-state index is 14.2. The van der Waals surface area contributed by atoms with Gasteiger partial charge in [-0.1, -0.05) is 6.42 Å². The number of aliphatic carboxylic acids is 1. The van der Waals surface area contributed by atoms with E-state index in [2.05, 4.69) is 20.8 Å². The molecule has 148 valence electrons. The van der Waals surface area contributed by atoms with Crippen LogP contribution < -0.4 is 5.32 Å². The molecule has 9 nitrogen and oxygen atoms in total. The number of anilines is 1. The van der Waals surface area contributed by atoms with Gasteiger partial charge in [-0.05, 0) is 54.3 Å². The molecule has 2 atom stereocenters. The number of nitrogens with zero attached hydrogens (tertiary/aromatic N) is 5. The van der Waals surface area contributed by atoms with E-state index in [1.807, 2.05) is 4.90 Å². The Balaban J connectivity index is 1.45. The topological polar surface area (TPSA) is 113 Å². The van der Waals surface area contributed by atoms with E-state index in [4.69, 9.17) is 0 Å². The van der Waals surface area contributed by atoms with Crippen molar-refractivity contribution in [3.63, 3.8) is 0 Å². The lowest BCUT2D eigenvalue weighted by atomic mass is 9.81. The molecule has 1 aliphatic heterocycles. The number of carboxylic acid groups (broad SMARTS) is 1. The fraction of sp³-hybridized carbons (Fsp3) is 0.500. The van der Waals surface area contributed by atoms with Gasteiger partial charge in [-0.25, -0.2) is 4.39 Å². The van der Waals surface area contributed by atoms with Crippen LogP contribution in [0.5, 0.6) is 0 Å². The fourth-order valence-corrected chi connectivity index (χ4v) is 4.47. The summed E-state index contributed by atoms with van der Waals surface area (Å²) in [5.41, 5.74) is -0.187. The van der Waals surface area contributed by atoms with E-state index in [-0.39, 0.29) is 24.1 Å². The summed E-state index contributed by atoms with van der Waals surface area (Å²) in [6.45, 7) is 2.67. The van der Waals surface area contributed by atoms with Gasteiger partial charge in [0.05, 0.1) is 23.3 Å². The monoisotopic (exact) mass is 388 g/mol. The van der Waals surface area contributed by atoms with E-state index in [0.717, 1.165) is 12.8 Å². The van der Waals surface area contributed by atoms with Gasteiger partial charge in [0.1, 0.15) is 5.82 Å². The number of hydrogen-bond donors (Lipinski definition) is 2. The molecule has 2 aromatic rings. The first-order chi connectivity index (χ1) is 13.4. The summed E-state index contributed by atoms with van der Waals surface area (Å²) in [6.07, 6.45) is 2.42. The second-order valence-electron chi connectivity index (χ2n) is 7.57. The van der Waals surface area contributed by atoms with E-state index in [0.29, 0.717) is 31.0 Å². The molecule has 2 fully saturated rings. The molecule has 0 bridgehead atoms. The first-order valence-corrected chi connectivity index (χ1v) is 9.19. The minimum absolute atomic E-state index is 0.0269. The number of aromatic nitrogens is 4. The molecule has 0 unspecified atom stereocenters. The molecule has 0 radical (unpaired) electrons. The third kappa shape index (κ3) is 3.13. The Kier molecular flexibility index (Phi) is 4.58. The van der Waals surface area contributed by atoms with Crippen LogP contribution in [0.2, 0.25) is 0 Å². The van der Waals surface area contributed by atoms with E-state index in [9.17, 15) is 19.1 Å². The van der Waals surface area contributed by atoms with Crippen LogP contribution in [0.15, 0.2) is 18.2 Å². The molecule has 1 aromatic carbocycles. The van der Waals surface area contributed by atoms with Crippen LogP contribution >= 0.6 is 0 Å². The minimum atomic E-state index is -0.784. The number of carbonyl (C=O) groups excluding carboxylic acids is 1. The van der Waals surface area contributed by atoms with E-state index in [1.165, 1.54) is 22.9 Å². The summed E-state index contributed by atoms with van der Waals surface area (Å²) >= 11 is 0. The lowest BCUT2D eigenvalue weighted by Crippen LogP contribution is -2.37. The number of tetrazole rings is 1. The van der Waals surface area contributed by atoms with Crippen molar-refractivity contribution in [2.75, 3.05) is 25.0 Å². The van der Waals surface area contributed by atoms with Gasteiger partial charge >= 0.3 is 5.97 Å². The maximum Gasteiger partial charge on any atom is 0.311 e. The average molecular weight is 388 g/mol. The van der Waals surface area contributed by atoms with Crippen molar-refractivity contribution in [3.05, 3.63) is 29.8 Å². The van der Waals surface area contributed by atoms with Gasteiger partial charge in [0.15, 0.2) is 5.82 Å². The standard InChI is InChI=1S/C18H21FN6O3/c1-11-21-22-23-25(11)13-4-5-14(19)15(7-13)20-16(26)9-24-8-12-3-2-6-18(12,10-24)17(27)28/h4-5,7,12H,2-3,6,8-10H2,1H3,(H,20,26)(H,27,28)/t12-,18+/m0/s1. The largest absolute Gasteiger partial charge is 0.481 e. The second-order valence-corrected chi connectivity index (χ2v) is 7.57. The van der Waals surface area contributed by atoms with Crippen molar-refractivity contribution < 1.29 is 19.1 Å². The van der Waals surface area contributed by atoms with Crippen LogP contribution in [0, 0.1) is 24.1 Å². The van der Waals surface area contributed by atoms with Gasteiger partial charge in [0, 0.05) is 13.1 Å². The van der Waals surface area contributed by atoms with Gasteiger partial charge in [-0.3, -0.25) is 14.5 Å². The maximum absolute atomic E-state index is 14.2. The fourth-order valence-electron chi connectivity index (χ4n) is 4.47. The molecule has 4 rings (SSSR count). The Morgan fingerprint density at radius 3 is 2.93 bits per heavy atom. The Bertz CT molecular complexity index is 932. The summed E-state index contributed by atoms with van der Waals surface area (Å²) in [4.78, 5) is 26.1. The Hall–Kier alpha value is -2.88. The summed E-state index contributed by atoms with van der Waals surface area (Å²) < 4.78 is 15.6. The molecule has 2 aliphatic rings. The SMILES string of the molecule is Cc1nnnn1-c1ccc(F)c(NC(=O)CN2C[C@@H]3CCC[C@@]3(C(=O)O)C2)c1. The smallest absolute Gasteiger partial charge is 0.311 e. The Morgan fingerprint density at radius 1 is 1.43 bits per heavy atom. The Morgan fingerprint density at radius 2 is 2.25 bits per heavy atom. The zero-order valence-electron chi connectivity index (χ0n) is 15.4. The van der Waals surface area contributed by atoms with E-state index >= 15 is 0 Å². The predicted octanol–water partition coefficient (Wildman–Crippen LogP) is 1.24. The number of nitrogens with one attached hydrogen (secondary N) is 1. The molecule has 10 heteroatoms. The number of carbonyl (C=O) groups is 2. The third-order valence-electron chi connectivity index (χ3n) is 5.83. The molecule has 1 aromatic heterocycles. The lowest BCUT2D eigenvalue weighted by Gasteiger charge is -2.23. The summed E-state index contributed by atoms with van der Waals surface area (Å²) in [5, 5.41) is 23.4. The van der Waals surface area contributed by atoms with Gasteiger partial charge in [-0.15, -0.1) is 5.10 Å². The highest BCUT2D eigenvalue weighted by molar-refractivity contribution is 5.92. The van der Waals surface area contributed by atoms with Gasteiger partial charge in [0.2, 0.25) is 5.91 Å². The van der Waals surface area contributed by atoms with Crippen molar-refractivity contribution in [2.45, 2.75) is 26.2 Å². The predicted molar refractivity (Wildman–Crippen MR) is 96.3 cm³/mol. The highest BCUT2D eigenvalue weighted by atomic mass is 19.1. The van der Waals surface area contributed by atoms with Crippen molar-refractivity contribution >= 4 is 17.6 Å². The number of benzene rings is 1. The summed E-state index contributed by atoms with van der Waals surface area (Å²) in [6, 6.07) is 4.23. The highest BCUT2D eigenvalue weighted by Gasteiger charge is 2.54. The molecule has 1 amide bonds. The third-order valence-corrected chi connectivity index (χ3v) is 5.83. The van der Waals surface area contributed by atoms with Crippen LogP contribution in [0.4, 0.5) is 10.1 Å². The first-order valence-electron chi connectivity index (χ1n) is 9.19. The lowest BCUT2D eigenvalue weighted by molar-refractivity contribution is -0.149. The normalized spacial score (nSPS) is 24.3. The van der Waals surface area contributed by atoms with Crippen LogP contribution in [0.25, 0.3) is 5.69 Å². The van der Waals surface area contributed by atoms with Crippen LogP contribution in [-0.4, -0.2) is 61.7 Å². The molecule has 1 saturated carbocycles.